The fourth-order valence-electron chi connectivity index (χ4n) is 4.50. The first-order valence-corrected chi connectivity index (χ1v) is 13.3. The standard InChI is InChI=1S/C23H25N3O4S2/c1-16-13-17-7-3-4-8-20(17)26(16)22(27)15-31-23-24-19-14-18(9-10-21(19)30-23)32(28,29)25-11-5-2-6-12-25/h3-4,7-10,14,16H,2,5-6,11-13,15H2,1H3. The molecule has 32 heavy (non-hydrogen) atoms. The smallest absolute Gasteiger partial charge is 0.257 e. The third-order valence-electron chi connectivity index (χ3n) is 6.09. The first-order chi connectivity index (χ1) is 15.4. The van der Waals surface area contributed by atoms with E-state index in [-0.39, 0.29) is 22.6 Å². The van der Waals surface area contributed by atoms with Crippen molar-refractivity contribution in [3.63, 3.8) is 0 Å². The average molecular weight is 472 g/mol. The van der Waals surface area contributed by atoms with Gasteiger partial charge < -0.3 is 9.32 Å². The number of para-hydroxylation sites is 1. The summed E-state index contributed by atoms with van der Waals surface area (Å²) < 4.78 is 33.2. The number of carbonyl (C=O) groups excluding carboxylic acids is 1. The molecule has 0 N–H and O–H groups in total. The number of benzene rings is 2. The van der Waals surface area contributed by atoms with Crippen molar-refractivity contribution in [2.45, 2.75) is 48.8 Å². The average Bonchev–Trinajstić information content (AvgIpc) is 3.37. The Bertz CT molecular complexity index is 1270. The lowest BCUT2D eigenvalue weighted by atomic mass is 10.1. The maximum atomic E-state index is 12.9. The second kappa shape index (κ2) is 8.53. The Hall–Kier alpha value is -2.36. The highest BCUT2D eigenvalue weighted by Crippen LogP contribution is 2.33. The topological polar surface area (TPSA) is 83.7 Å². The molecule has 3 heterocycles. The first kappa shape index (κ1) is 21.5. The highest BCUT2D eigenvalue weighted by Gasteiger charge is 2.31. The summed E-state index contributed by atoms with van der Waals surface area (Å²) in [6.45, 7) is 3.16. The van der Waals surface area contributed by atoms with Gasteiger partial charge in [-0.1, -0.05) is 36.4 Å². The number of sulfonamides is 1. The van der Waals surface area contributed by atoms with Gasteiger partial charge in [-0.15, -0.1) is 0 Å². The van der Waals surface area contributed by atoms with E-state index in [1.807, 2.05) is 30.0 Å². The number of oxazole rings is 1. The van der Waals surface area contributed by atoms with E-state index in [4.69, 9.17) is 4.42 Å². The maximum Gasteiger partial charge on any atom is 0.257 e. The van der Waals surface area contributed by atoms with Crippen LogP contribution in [0.1, 0.15) is 31.7 Å². The number of amides is 1. The molecule has 1 fully saturated rings. The summed E-state index contributed by atoms with van der Waals surface area (Å²) >= 11 is 1.23. The van der Waals surface area contributed by atoms with Crippen molar-refractivity contribution in [1.82, 2.24) is 9.29 Å². The van der Waals surface area contributed by atoms with Crippen LogP contribution in [0.5, 0.6) is 0 Å². The molecule has 1 amide bonds. The van der Waals surface area contributed by atoms with Gasteiger partial charge in [0.1, 0.15) is 5.52 Å². The van der Waals surface area contributed by atoms with Gasteiger partial charge in [-0.3, -0.25) is 4.79 Å². The van der Waals surface area contributed by atoms with Crippen molar-refractivity contribution in [2.24, 2.45) is 0 Å². The number of thioether (sulfide) groups is 1. The Balaban J connectivity index is 1.31. The summed E-state index contributed by atoms with van der Waals surface area (Å²) in [6.07, 6.45) is 3.69. The minimum atomic E-state index is -3.53. The van der Waals surface area contributed by atoms with Crippen LogP contribution in [0, 0.1) is 0 Å². The van der Waals surface area contributed by atoms with Gasteiger partial charge >= 0.3 is 0 Å². The highest BCUT2D eigenvalue weighted by atomic mass is 32.2. The third kappa shape index (κ3) is 3.93. The zero-order valence-electron chi connectivity index (χ0n) is 17.9. The van der Waals surface area contributed by atoms with Crippen LogP contribution in [0.25, 0.3) is 11.1 Å². The second-order valence-corrected chi connectivity index (χ2v) is 11.2. The molecule has 2 aliphatic heterocycles. The van der Waals surface area contributed by atoms with Crippen molar-refractivity contribution in [3.8, 4) is 0 Å². The van der Waals surface area contributed by atoms with Gasteiger partial charge in [0.15, 0.2) is 5.58 Å². The Morgan fingerprint density at radius 1 is 1.16 bits per heavy atom. The molecule has 1 aromatic heterocycles. The van der Waals surface area contributed by atoms with Crippen LogP contribution in [-0.2, 0) is 21.2 Å². The molecule has 168 valence electrons. The Morgan fingerprint density at radius 2 is 1.94 bits per heavy atom. The summed E-state index contributed by atoms with van der Waals surface area (Å²) in [6, 6.07) is 12.9. The summed E-state index contributed by atoms with van der Waals surface area (Å²) in [4.78, 5) is 19.4. The van der Waals surface area contributed by atoms with Gasteiger partial charge in [0.2, 0.25) is 15.9 Å². The van der Waals surface area contributed by atoms with Crippen molar-refractivity contribution in [2.75, 3.05) is 23.7 Å². The molecular weight excluding hydrogens is 446 g/mol. The summed E-state index contributed by atoms with van der Waals surface area (Å²) in [5.74, 6) is 0.202. The molecule has 0 saturated carbocycles. The van der Waals surface area contributed by atoms with E-state index in [0.717, 1.165) is 31.4 Å². The van der Waals surface area contributed by atoms with Crippen molar-refractivity contribution in [1.29, 1.82) is 0 Å². The number of nitrogens with zero attached hydrogens (tertiary/aromatic N) is 3. The van der Waals surface area contributed by atoms with Gasteiger partial charge in [-0.05, 0) is 56.0 Å². The third-order valence-corrected chi connectivity index (χ3v) is 8.79. The van der Waals surface area contributed by atoms with Crippen molar-refractivity contribution >= 4 is 44.5 Å². The molecule has 1 unspecified atom stereocenters. The summed E-state index contributed by atoms with van der Waals surface area (Å²) in [5, 5.41) is 0.362. The highest BCUT2D eigenvalue weighted by molar-refractivity contribution is 7.99. The molecule has 1 atom stereocenters. The monoisotopic (exact) mass is 471 g/mol. The van der Waals surface area contributed by atoms with E-state index in [2.05, 4.69) is 11.1 Å². The van der Waals surface area contributed by atoms with Crippen molar-refractivity contribution in [3.05, 3.63) is 48.0 Å². The van der Waals surface area contributed by atoms with E-state index >= 15 is 0 Å². The van der Waals surface area contributed by atoms with Crippen LogP contribution in [0.3, 0.4) is 0 Å². The maximum absolute atomic E-state index is 12.9. The van der Waals surface area contributed by atoms with E-state index in [1.165, 1.54) is 17.3 Å². The van der Waals surface area contributed by atoms with E-state index < -0.39 is 10.0 Å². The first-order valence-electron chi connectivity index (χ1n) is 10.9. The minimum Gasteiger partial charge on any atom is -0.431 e. The fourth-order valence-corrected chi connectivity index (χ4v) is 6.74. The number of piperidine rings is 1. The van der Waals surface area contributed by atoms with Crippen LogP contribution in [0.15, 0.2) is 57.0 Å². The molecule has 9 heteroatoms. The molecule has 2 aliphatic rings. The summed E-state index contributed by atoms with van der Waals surface area (Å²) in [7, 11) is -3.53. The number of carbonyl (C=O) groups is 1. The van der Waals surface area contributed by atoms with Gasteiger partial charge in [0.25, 0.3) is 5.22 Å². The van der Waals surface area contributed by atoms with Gasteiger partial charge in [-0.2, -0.15) is 4.31 Å². The molecule has 2 aromatic carbocycles. The molecule has 0 aliphatic carbocycles. The van der Waals surface area contributed by atoms with Gasteiger partial charge in [-0.25, -0.2) is 13.4 Å². The Labute approximate surface area is 191 Å². The number of aromatic nitrogens is 1. The number of anilines is 1. The largest absolute Gasteiger partial charge is 0.431 e. The fraction of sp³-hybridized carbons (Fsp3) is 0.391. The lowest BCUT2D eigenvalue weighted by Gasteiger charge is -2.25. The van der Waals surface area contributed by atoms with E-state index in [9.17, 15) is 13.2 Å². The second-order valence-electron chi connectivity index (χ2n) is 8.31. The summed E-state index contributed by atoms with van der Waals surface area (Å²) in [5.41, 5.74) is 3.15. The van der Waals surface area contributed by atoms with Gasteiger partial charge in [0.05, 0.1) is 10.6 Å². The molecule has 3 aromatic rings. The molecule has 0 bridgehead atoms. The number of fused-ring (bicyclic) bond motifs is 2. The SMILES string of the molecule is CC1Cc2ccccc2N1C(=O)CSc1nc2cc(S(=O)(=O)N3CCCCC3)ccc2o1. The van der Waals surface area contributed by atoms with Crippen LogP contribution < -0.4 is 4.90 Å². The predicted molar refractivity (Wildman–Crippen MR) is 124 cm³/mol. The van der Waals surface area contributed by atoms with Gasteiger partial charge in [0, 0.05) is 24.8 Å². The molecule has 7 nitrogen and oxygen atoms in total. The van der Waals surface area contributed by atoms with Crippen molar-refractivity contribution < 1.29 is 17.6 Å². The minimum absolute atomic E-state index is 0.00284. The number of rotatable bonds is 5. The van der Waals surface area contributed by atoms with Crippen LogP contribution in [0.2, 0.25) is 0 Å². The zero-order chi connectivity index (χ0) is 22.3. The van der Waals surface area contributed by atoms with Crippen LogP contribution in [-0.4, -0.2) is 48.5 Å². The molecule has 0 spiro atoms. The zero-order valence-corrected chi connectivity index (χ0v) is 19.5. The number of hydrogen-bond donors (Lipinski definition) is 0. The Kier molecular flexibility index (Phi) is 5.73. The molecular formula is C23H25N3O4S2. The lowest BCUT2D eigenvalue weighted by molar-refractivity contribution is -0.116. The van der Waals surface area contributed by atoms with Crippen LogP contribution >= 0.6 is 11.8 Å². The van der Waals surface area contributed by atoms with E-state index in [1.54, 1.807) is 22.5 Å². The molecule has 5 rings (SSSR count). The van der Waals surface area contributed by atoms with Crippen LogP contribution in [0.4, 0.5) is 5.69 Å². The predicted octanol–water partition coefficient (Wildman–Crippen LogP) is 4.07. The Morgan fingerprint density at radius 3 is 2.75 bits per heavy atom. The molecule has 1 saturated heterocycles. The van der Waals surface area contributed by atoms with E-state index in [0.29, 0.717) is 29.4 Å². The lowest BCUT2D eigenvalue weighted by Crippen LogP contribution is -2.36. The molecule has 0 radical (unpaired) electrons. The number of hydrogen-bond acceptors (Lipinski definition) is 6. The quantitative estimate of drug-likeness (QED) is 0.522. The normalized spacial score (nSPS) is 19.4.